The van der Waals surface area contributed by atoms with Gasteiger partial charge in [-0.25, -0.2) is 0 Å². The van der Waals surface area contributed by atoms with Crippen molar-refractivity contribution in [3.63, 3.8) is 0 Å². The van der Waals surface area contributed by atoms with E-state index >= 15 is 0 Å². The van der Waals surface area contributed by atoms with Crippen LogP contribution >= 0.6 is 0 Å². The van der Waals surface area contributed by atoms with Crippen LogP contribution in [0.3, 0.4) is 0 Å². The van der Waals surface area contributed by atoms with E-state index in [1.807, 2.05) is 0 Å². The lowest BCUT2D eigenvalue weighted by Gasteiger charge is -2.08. The Morgan fingerprint density at radius 3 is 2.75 bits per heavy atom. The van der Waals surface area contributed by atoms with Crippen molar-refractivity contribution in [3.05, 3.63) is 34.9 Å². The lowest BCUT2D eigenvalue weighted by atomic mass is 10.1. The van der Waals surface area contributed by atoms with E-state index < -0.39 is 0 Å². The van der Waals surface area contributed by atoms with Crippen molar-refractivity contribution < 1.29 is 4.74 Å². The summed E-state index contributed by atoms with van der Waals surface area (Å²) in [5.41, 5.74) is 3.91. The lowest BCUT2D eigenvalue weighted by Crippen LogP contribution is -2.20. The minimum Gasteiger partial charge on any atom is -0.375 e. The minimum atomic E-state index is 0.724. The molecule has 2 heteroatoms. The Balaban J connectivity index is 2.23. The van der Waals surface area contributed by atoms with E-state index in [1.165, 1.54) is 23.1 Å². The maximum atomic E-state index is 5.64. The molecule has 0 amide bonds. The normalized spacial score (nSPS) is 10.7. The predicted octanol–water partition coefficient (Wildman–Crippen LogP) is 2.82. The van der Waals surface area contributed by atoms with Crippen molar-refractivity contribution in [2.45, 2.75) is 33.8 Å². The Hall–Kier alpha value is -0.860. The molecule has 0 bridgehead atoms. The van der Waals surface area contributed by atoms with Crippen molar-refractivity contribution in [1.29, 1.82) is 0 Å². The summed E-state index contributed by atoms with van der Waals surface area (Å²) in [5, 5.41) is 3.32. The van der Waals surface area contributed by atoms with Gasteiger partial charge in [0.05, 0.1) is 13.2 Å². The Labute approximate surface area is 99.0 Å². The summed E-state index contributed by atoms with van der Waals surface area (Å²) in [4.78, 5) is 0. The van der Waals surface area contributed by atoms with Crippen molar-refractivity contribution in [2.24, 2.45) is 0 Å². The van der Waals surface area contributed by atoms with E-state index in [4.69, 9.17) is 4.74 Å². The highest BCUT2D eigenvalue weighted by atomic mass is 16.5. The van der Waals surface area contributed by atoms with Crippen LogP contribution in [0, 0.1) is 13.8 Å². The van der Waals surface area contributed by atoms with Crippen molar-refractivity contribution >= 4 is 0 Å². The van der Waals surface area contributed by atoms with Gasteiger partial charge in [0, 0.05) is 6.54 Å². The van der Waals surface area contributed by atoms with Crippen LogP contribution < -0.4 is 5.32 Å². The van der Waals surface area contributed by atoms with Gasteiger partial charge in [0.2, 0.25) is 0 Å². The number of hydrogen-bond donors (Lipinski definition) is 1. The molecule has 2 nitrogen and oxygen atoms in total. The fourth-order valence-electron chi connectivity index (χ4n) is 1.58. The van der Waals surface area contributed by atoms with Gasteiger partial charge in [0.15, 0.2) is 0 Å². The summed E-state index contributed by atoms with van der Waals surface area (Å²) in [6.45, 7) is 9.95. The molecular weight excluding hydrogens is 198 g/mol. The van der Waals surface area contributed by atoms with Gasteiger partial charge in [-0.15, -0.1) is 0 Å². The SMILES string of the molecule is CCCNCCOCc1cc(C)ccc1C. The summed E-state index contributed by atoms with van der Waals surface area (Å²) in [6.07, 6.45) is 1.18. The first kappa shape index (κ1) is 13.2. The topological polar surface area (TPSA) is 21.3 Å². The molecule has 0 heterocycles. The van der Waals surface area contributed by atoms with Crippen LogP contribution in [0.4, 0.5) is 0 Å². The Morgan fingerprint density at radius 1 is 1.19 bits per heavy atom. The van der Waals surface area contributed by atoms with Crippen LogP contribution in [0.25, 0.3) is 0 Å². The average Bonchev–Trinajstić information content (AvgIpc) is 2.28. The van der Waals surface area contributed by atoms with Crippen molar-refractivity contribution in [1.82, 2.24) is 5.32 Å². The zero-order valence-corrected chi connectivity index (χ0v) is 10.7. The average molecular weight is 221 g/mol. The van der Waals surface area contributed by atoms with Gasteiger partial charge in [-0.3, -0.25) is 0 Å². The summed E-state index contributed by atoms with van der Waals surface area (Å²) >= 11 is 0. The van der Waals surface area contributed by atoms with E-state index in [2.05, 4.69) is 44.3 Å². The predicted molar refractivity (Wildman–Crippen MR) is 68.7 cm³/mol. The maximum Gasteiger partial charge on any atom is 0.0720 e. The van der Waals surface area contributed by atoms with E-state index in [0.29, 0.717) is 0 Å². The van der Waals surface area contributed by atoms with Gasteiger partial charge < -0.3 is 10.1 Å². The second-order valence-electron chi connectivity index (χ2n) is 4.23. The van der Waals surface area contributed by atoms with Gasteiger partial charge >= 0.3 is 0 Å². The molecule has 16 heavy (non-hydrogen) atoms. The van der Waals surface area contributed by atoms with E-state index in [9.17, 15) is 0 Å². The molecule has 0 aliphatic rings. The quantitative estimate of drug-likeness (QED) is 0.715. The maximum absolute atomic E-state index is 5.64. The summed E-state index contributed by atoms with van der Waals surface area (Å²) in [5.74, 6) is 0. The molecule has 0 aliphatic heterocycles. The van der Waals surface area contributed by atoms with Crippen LogP contribution in [0.1, 0.15) is 30.0 Å². The highest BCUT2D eigenvalue weighted by molar-refractivity contribution is 5.29. The molecule has 0 unspecified atom stereocenters. The first-order valence-electron chi connectivity index (χ1n) is 6.08. The van der Waals surface area contributed by atoms with Crippen molar-refractivity contribution in [2.75, 3.05) is 19.7 Å². The number of nitrogens with one attached hydrogen (secondary N) is 1. The molecule has 0 aromatic heterocycles. The largest absolute Gasteiger partial charge is 0.375 e. The lowest BCUT2D eigenvalue weighted by molar-refractivity contribution is 0.122. The van der Waals surface area contributed by atoms with Gasteiger partial charge in [-0.05, 0) is 37.9 Å². The minimum absolute atomic E-state index is 0.724. The smallest absolute Gasteiger partial charge is 0.0720 e. The Bertz CT molecular complexity index is 310. The fraction of sp³-hybridized carbons (Fsp3) is 0.571. The molecule has 0 spiro atoms. The zero-order valence-electron chi connectivity index (χ0n) is 10.7. The van der Waals surface area contributed by atoms with Gasteiger partial charge in [-0.1, -0.05) is 30.7 Å². The van der Waals surface area contributed by atoms with Crippen LogP contribution in [-0.4, -0.2) is 19.7 Å². The molecule has 0 saturated carbocycles. The van der Waals surface area contributed by atoms with E-state index in [0.717, 1.165) is 26.3 Å². The molecule has 0 atom stereocenters. The van der Waals surface area contributed by atoms with Gasteiger partial charge in [-0.2, -0.15) is 0 Å². The number of rotatable bonds is 7. The van der Waals surface area contributed by atoms with E-state index in [1.54, 1.807) is 0 Å². The Kier molecular flexibility index (Phi) is 6.12. The van der Waals surface area contributed by atoms with E-state index in [-0.39, 0.29) is 0 Å². The van der Waals surface area contributed by atoms with Crippen LogP contribution in [0.15, 0.2) is 18.2 Å². The summed E-state index contributed by atoms with van der Waals surface area (Å²) < 4.78 is 5.64. The zero-order chi connectivity index (χ0) is 11.8. The fourth-order valence-corrected chi connectivity index (χ4v) is 1.58. The highest BCUT2D eigenvalue weighted by Gasteiger charge is 1.98. The van der Waals surface area contributed by atoms with Crippen LogP contribution in [0.5, 0.6) is 0 Å². The second-order valence-corrected chi connectivity index (χ2v) is 4.23. The molecule has 0 aliphatic carbocycles. The molecule has 1 aromatic rings. The van der Waals surface area contributed by atoms with Gasteiger partial charge in [0.1, 0.15) is 0 Å². The van der Waals surface area contributed by atoms with Crippen LogP contribution in [0.2, 0.25) is 0 Å². The summed E-state index contributed by atoms with van der Waals surface area (Å²) in [7, 11) is 0. The second kappa shape index (κ2) is 7.42. The first-order chi connectivity index (χ1) is 7.74. The molecule has 0 fully saturated rings. The molecule has 0 saturated heterocycles. The third-order valence-corrected chi connectivity index (χ3v) is 2.61. The number of benzene rings is 1. The first-order valence-corrected chi connectivity index (χ1v) is 6.08. The Morgan fingerprint density at radius 2 is 2.00 bits per heavy atom. The molecule has 90 valence electrons. The standard InChI is InChI=1S/C14H23NO/c1-4-7-15-8-9-16-11-14-10-12(2)5-6-13(14)3/h5-6,10,15H,4,7-9,11H2,1-3H3. The number of aryl methyl sites for hydroxylation is 2. The molecule has 0 radical (unpaired) electrons. The third kappa shape index (κ3) is 4.77. The summed E-state index contributed by atoms with van der Waals surface area (Å²) in [6, 6.07) is 6.50. The molecular formula is C14H23NO. The van der Waals surface area contributed by atoms with Crippen molar-refractivity contribution in [3.8, 4) is 0 Å². The molecule has 1 rings (SSSR count). The van der Waals surface area contributed by atoms with Gasteiger partial charge in [0.25, 0.3) is 0 Å². The number of hydrogen-bond acceptors (Lipinski definition) is 2. The molecule has 1 aromatic carbocycles. The molecule has 1 N–H and O–H groups in total. The highest BCUT2D eigenvalue weighted by Crippen LogP contribution is 2.11. The monoisotopic (exact) mass is 221 g/mol. The third-order valence-electron chi connectivity index (χ3n) is 2.61. The number of ether oxygens (including phenoxy) is 1. The van der Waals surface area contributed by atoms with Crippen LogP contribution in [-0.2, 0) is 11.3 Å².